The lowest BCUT2D eigenvalue weighted by Crippen LogP contribution is -2.09. The predicted octanol–water partition coefficient (Wildman–Crippen LogP) is 5.43. The van der Waals surface area contributed by atoms with Gasteiger partial charge in [0.05, 0.1) is 6.08 Å². The van der Waals surface area contributed by atoms with Gasteiger partial charge >= 0.3 is 6.18 Å². The van der Waals surface area contributed by atoms with Crippen LogP contribution in [-0.2, 0) is 4.74 Å². The molecule has 0 aromatic heterocycles. The minimum Gasteiger partial charge on any atom is -0.445 e. The van der Waals surface area contributed by atoms with Crippen LogP contribution in [0.1, 0.15) is 16.7 Å². The van der Waals surface area contributed by atoms with Crippen LogP contribution in [0.15, 0.2) is 54.6 Å². The van der Waals surface area contributed by atoms with Crippen LogP contribution in [0.2, 0.25) is 0 Å². The second-order valence-electron chi connectivity index (χ2n) is 4.81. The normalized spacial score (nSPS) is 12.1. The Morgan fingerprint density at radius 1 is 0.957 bits per heavy atom. The van der Waals surface area contributed by atoms with Crippen molar-refractivity contribution in [1.29, 1.82) is 0 Å². The second-order valence-corrected chi connectivity index (χ2v) is 5.18. The lowest BCUT2D eigenvalue weighted by atomic mass is 10.1. The third-order valence-corrected chi connectivity index (χ3v) is 3.23. The summed E-state index contributed by atoms with van der Waals surface area (Å²) in [4.78, 5) is 0. The quantitative estimate of drug-likeness (QED) is 0.419. The van der Waals surface area contributed by atoms with Crippen LogP contribution in [-0.4, -0.2) is 11.2 Å². The monoisotopic (exact) mass is 340 g/mol. The molecule has 0 bridgehead atoms. The predicted molar refractivity (Wildman–Crippen MR) is 84.4 cm³/mol. The minimum absolute atomic E-state index is 0.000722. The summed E-state index contributed by atoms with van der Waals surface area (Å²) >= 11 is 5.05. The molecular weight excluding hydrogens is 328 g/mol. The van der Waals surface area contributed by atoms with Crippen molar-refractivity contribution in [3.8, 4) is 0 Å². The van der Waals surface area contributed by atoms with Crippen molar-refractivity contribution in [3.05, 3.63) is 77.1 Å². The standard InChI is InChI=1S/C17H12F4OS/c1-11-2-4-13(5-3-11)16(23)22-15(10-17(19,20)21)12-6-8-14(18)9-7-12/h2-10H,1H3. The van der Waals surface area contributed by atoms with Gasteiger partial charge in [-0.15, -0.1) is 0 Å². The summed E-state index contributed by atoms with van der Waals surface area (Å²) < 4.78 is 56.3. The highest BCUT2D eigenvalue weighted by molar-refractivity contribution is 7.80. The topological polar surface area (TPSA) is 9.23 Å². The van der Waals surface area contributed by atoms with Crippen molar-refractivity contribution >= 4 is 23.0 Å². The highest BCUT2D eigenvalue weighted by Crippen LogP contribution is 2.26. The number of ether oxygens (including phenoxy) is 1. The molecule has 6 heteroatoms. The smallest absolute Gasteiger partial charge is 0.413 e. The lowest BCUT2D eigenvalue weighted by Gasteiger charge is -2.13. The van der Waals surface area contributed by atoms with E-state index in [1.54, 1.807) is 24.3 Å². The number of halogens is 4. The van der Waals surface area contributed by atoms with Crippen LogP contribution in [0.25, 0.3) is 5.76 Å². The Morgan fingerprint density at radius 3 is 2.00 bits per heavy atom. The van der Waals surface area contributed by atoms with Crippen LogP contribution in [0.4, 0.5) is 17.6 Å². The van der Waals surface area contributed by atoms with Gasteiger partial charge in [-0.05, 0) is 43.4 Å². The van der Waals surface area contributed by atoms with Crippen molar-refractivity contribution in [3.63, 3.8) is 0 Å². The zero-order valence-electron chi connectivity index (χ0n) is 12.0. The van der Waals surface area contributed by atoms with Crippen molar-refractivity contribution in [2.45, 2.75) is 13.1 Å². The van der Waals surface area contributed by atoms with E-state index in [1.807, 2.05) is 6.92 Å². The van der Waals surface area contributed by atoms with E-state index in [0.29, 0.717) is 5.56 Å². The summed E-state index contributed by atoms with van der Waals surface area (Å²) in [7, 11) is 0. The van der Waals surface area contributed by atoms with E-state index in [4.69, 9.17) is 17.0 Å². The highest BCUT2D eigenvalue weighted by atomic mass is 32.1. The summed E-state index contributed by atoms with van der Waals surface area (Å²) in [5, 5.41) is -0.0928. The Balaban J connectivity index is 2.31. The molecule has 0 radical (unpaired) electrons. The first kappa shape index (κ1) is 17.1. The number of aryl methyl sites for hydroxylation is 1. The average Bonchev–Trinajstić information content (AvgIpc) is 2.46. The molecule has 1 nitrogen and oxygen atoms in total. The van der Waals surface area contributed by atoms with Crippen LogP contribution < -0.4 is 0 Å². The second kappa shape index (κ2) is 6.91. The fraction of sp³-hybridized carbons (Fsp3) is 0.118. The van der Waals surface area contributed by atoms with Gasteiger partial charge in [-0.25, -0.2) is 4.39 Å². The molecule has 0 N–H and O–H groups in total. The molecule has 0 fully saturated rings. The molecule has 0 unspecified atom stereocenters. The van der Waals surface area contributed by atoms with Crippen LogP contribution in [0.5, 0.6) is 0 Å². The number of rotatable bonds is 3. The molecule has 0 aliphatic carbocycles. The fourth-order valence-corrected chi connectivity index (χ4v) is 2.01. The molecule has 120 valence electrons. The summed E-state index contributed by atoms with van der Waals surface area (Å²) in [6.07, 6.45) is -4.59. The summed E-state index contributed by atoms with van der Waals surface area (Å²) in [5.74, 6) is -1.04. The molecule has 0 aliphatic heterocycles. The van der Waals surface area contributed by atoms with E-state index < -0.39 is 17.8 Å². The van der Waals surface area contributed by atoms with Gasteiger partial charge in [0.1, 0.15) is 11.6 Å². The molecule has 0 amide bonds. The summed E-state index contributed by atoms with van der Waals surface area (Å²) in [5.41, 5.74) is 1.56. The Morgan fingerprint density at radius 2 is 1.48 bits per heavy atom. The van der Waals surface area contributed by atoms with E-state index in [1.165, 1.54) is 12.1 Å². The van der Waals surface area contributed by atoms with Crippen molar-refractivity contribution in [2.75, 3.05) is 0 Å². The number of allylic oxidation sites excluding steroid dienone is 1. The first-order chi connectivity index (χ1) is 10.7. The maximum absolute atomic E-state index is 12.9. The number of hydrogen-bond acceptors (Lipinski definition) is 2. The van der Waals surface area contributed by atoms with Gasteiger partial charge < -0.3 is 4.74 Å². The molecule has 2 aromatic rings. The third-order valence-electron chi connectivity index (χ3n) is 2.91. The maximum Gasteiger partial charge on any atom is 0.413 e. The Kier molecular flexibility index (Phi) is 5.15. The largest absolute Gasteiger partial charge is 0.445 e. The van der Waals surface area contributed by atoms with Crippen LogP contribution >= 0.6 is 12.2 Å². The van der Waals surface area contributed by atoms with E-state index >= 15 is 0 Å². The van der Waals surface area contributed by atoms with Gasteiger partial charge in [-0.1, -0.05) is 29.8 Å². The van der Waals surface area contributed by atoms with Gasteiger partial charge in [0.15, 0.2) is 5.05 Å². The molecule has 0 saturated carbocycles. The van der Waals surface area contributed by atoms with Gasteiger partial charge in [0.2, 0.25) is 0 Å². The fourth-order valence-electron chi connectivity index (χ4n) is 1.78. The van der Waals surface area contributed by atoms with Crippen molar-refractivity contribution < 1.29 is 22.3 Å². The van der Waals surface area contributed by atoms with E-state index in [2.05, 4.69) is 0 Å². The zero-order valence-corrected chi connectivity index (χ0v) is 12.8. The number of alkyl halides is 3. The van der Waals surface area contributed by atoms with E-state index in [9.17, 15) is 17.6 Å². The molecule has 0 saturated heterocycles. The maximum atomic E-state index is 12.9. The van der Waals surface area contributed by atoms with Gasteiger partial charge in [-0.3, -0.25) is 0 Å². The Labute approximate surface area is 136 Å². The number of hydrogen-bond donors (Lipinski definition) is 0. The van der Waals surface area contributed by atoms with Crippen molar-refractivity contribution in [2.24, 2.45) is 0 Å². The SMILES string of the molecule is Cc1ccc(C(=S)OC(=CC(F)(F)F)c2ccc(F)cc2)cc1. The minimum atomic E-state index is -4.59. The molecule has 0 aliphatic rings. The lowest BCUT2D eigenvalue weighted by molar-refractivity contribution is -0.0801. The van der Waals surface area contributed by atoms with E-state index in [-0.39, 0.29) is 16.7 Å². The molecule has 2 rings (SSSR count). The van der Waals surface area contributed by atoms with Gasteiger partial charge in [-0.2, -0.15) is 13.2 Å². The molecule has 2 aromatic carbocycles. The van der Waals surface area contributed by atoms with E-state index in [0.717, 1.165) is 17.7 Å². The first-order valence-electron chi connectivity index (χ1n) is 6.59. The van der Waals surface area contributed by atoms with Crippen LogP contribution in [0.3, 0.4) is 0 Å². The first-order valence-corrected chi connectivity index (χ1v) is 7.00. The van der Waals surface area contributed by atoms with Crippen LogP contribution in [0, 0.1) is 12.7 Å². The molecule has 23 heavy (non-hydrogen) atoms. The Bertz CT molecular complexity index is 716. The average molecular weight is 340 g/mol. The summed E-state index contributed by atoms with van der Waals surface area (Å²) in [6.45, 7) is 1.88. The number of thiocarbonyl (C=S) groups is 1. The molecule has 0 atom stereocenters. The zero-order chi connectivity index (χ0) is 17.0. The number of benzene rings is 2. The Hall–Kier alpha value is -2.21. The molecular formula is C17H12F4OS. The van der Waals surface area contributed by atoms with Gasteiger partial charge in [0, 0.05) is 11.1 Å². The highest BCUT2D eigenvalue weighted by Gasteiger charge is 2.26. The van der Waals surface area contributed by atoms with Gasteiger partial charge in [0.25, 0.3) is 0 Å². The summed E-state index contributed by atoms with van der Waals surface area (Å²) in [6, 6.07) is 11.4. The van der Waals surface area contributed by atoms with Crippen molar-refractivity contribution in [1.82, 2.24) is 0 Å². The molecule has 0 heterocycles. The molecule has 0 spiro atoms. The third kappa shape index (κ3) is 5.17.